The third-order valence-corrected chi connectivity index (χ3v) is 1.46. The molecule has 0 aliphatic carbocycles. The smallest absolute Gasteiger partial charge is 0.0753 e. The van der Waals surface area contributed by atoms with Crippen molar-refractivity contribution in [3.05, 3.63) is 24.3 Å². The van der Waals surface area contributed by atoms with Crippen LogP contribution in [0.15, 0.2) is 18.6 Å². The molecule has 0 radical (unpaired) electrons. The van der Waals surface area contributed by atoms with Crippen LogP contribution in [0.5, 0.6) is 0 Å². The van der Waals surface area contributed by atoms with Gasteiger partial charge in [-0.2, -0.15) is 0 Å². The van der Waals surface area contributed by atoms with Crippen LogP contribution in [-0.4, -0.2) is 17.0 Å². The summed E-state index contributed by atoms with van der Waals surface area (Å²) in [4.78, 5) is 8.08. The average molecular weight is 154 g/mol. The zero-order valence-electron chi connectivity index (χ0n) is 6.91. The van der Waals surface area contributed by atoms with E-state index in [9.17, 15) is 0 Å². The van der Waals surface area contributed by atoms with Gasteiger partial charge in [0.1, 0.15) is 0 Å². The molecule has 1 rings (SSSR count). The summed E-state index contributed by atoms with van der Waals surface area (Å²) in [6.45, 7) is 2.05. The van der Waals surface area contributed by atoms with Crippen LogP contribution >= 0.6 is 0 Å². The highest BCUT2D eigenvalue weighted by atomic mass is 14.9. The van der Waals surface area contributed by atoms with Crippen molar-refractivity contribution < 1.29 is 0 Å². The average Bonchev–Trinajstić information content (AvgIpc) is 2.05. The minimum atomic E-state index is 0. The van der Waals surface area contributed by atoms with Crippen molar-refractivity contribution in [2.45, 2.75) is 13.0 Å². The van der Waals surface area contributed by atoms with Crippen molar-refractivity contribution in [2.75, 3.05) is 7.05 Å². The van der Waals surface area contributed by atoms with Gasteiger partial charge in [-0.25, -0.2) is 0 Å². The summed E-state index contributed by atoms with van der Waals surface area (Å²) in [5, 5.41) is 3.08. The van der Waals surface area contributed by atoms with Gasteiger partial charge in [0.05, 0.1) is 5.69 Å². The number of nitrogens with zero attached hydrogens (tertiary/aromatic N) is 2. The fourth-order valence-electron chi connectivity index (χ4n) is 0.682. The lowest BCUT2D eigenvalue weighted by Crippen LogP contribution is -2.13. The highest BCUT2D eigenvalue weighted by Gasteiger charge is 2.00. The van der Waals surface area contributed by atoms with Crippen molar-refractivity contribution >= 4 is 0 Å². The van der Waals surface area contributed by atoms with Crippen LogP contribution in [0.1, 0.15) is 18.7 Å². The highest BCUT2D eigenvalue weighted by Crippen LogP contribution is 2.03. The second kappa shape index (κ2) is 4.76. The van der Waals surface area contributed by atoms with E-state index in [0.717, 1.165) is 5.69 Å². The van der Waals surface area contributed by atoms with Crippen LogP contribution < -0.4 is 11.5 Å². The Morgan fingerprint density at radius 1 is 1.45 bits per heavy atom. The van der Waals surface area contributed by atoms with E-state index in [4.69, 9.17) is 0 Å². The third-order valence-electron chi connectivity index (χ3n) is 1.46. The molecule has 4 nitrogen and oxygen atoms in total. The Labute approximate surface area is 66.7 Å². The van der Waals surface area contributed by atoms with Crippen molar-refractivity contribution in [3.8, 4) is 0 Å². The third kappa shape index (κ3) is 2.61. The van der Waals surface area contributed by atoms with Crippen molar-refractivity contribution in [1.82, 2.24) is 21.4 Å². The molecule has 11 heavy (non-hydrogen) atoms. The van der Waals surface area contributed by atoms with Gasteiger partial charge >= 0.3 is 0 Å². The summed E-state index contributed by atoms with van der Waals surface area (Å²) in [7, 11) is 1.90. The Kier molecular flexibility index (Phi) is 4.33. The van der Waals surface area contributed by atoms with Gasteiger partial charge in [-0.1, -0.05) is 0 Å². The Balaban J connectivity index is 0.000001000. The summed E-state index contributed by atoms with van der Waals surface area (Å²) < 4.78 is 0. The molecule has 1 unspecified atom stereocenters. The summed E-state index contributed by atoms with van der Waals surface area (Å²) in [6, 6.07) is 0.286. The summed E-state index contributed by atoms with van der Waals surface area (Å²) in [5.74, 6) is 0. The molecule has 62 valence electrons. The number of rotatable bonds is 2. The second-order valence-corrected chi connectivity index (χ2v) is 2.14. The van der Waals surface area contributed by atoms with Gasteiger partial charge in [0.25, 0.3) is 0 Å². The minimum Gasteiger partial charge on any atom is -0.344 e. The van der Waals surface area contributed by atoms with Gasteiger partial charge in [0.15, 0.2) is 0 Å². The molecule has 1 aromatic heterocycles. The Morgan fingerprint density at radius 2 is 2.18 bits per heavy atom. The molecule has 0 fully saturated rings. The van der Waals surface area contributed by atoms with Gasteiger partial charge in [-0.3, -0.25) is 9.97 Å². The molecule has 1 heterocycles. The maximum atomic E-state index is 4.12. The molecule has 0 bridgehead atoms. The van der Waals surface area contributed by atoms with Crippen LogP contribution in [0, 0.1) is 0 Å². The first kappa shape index (κ1) is 10.0. The standard InChI is InChI=1S/C7H11N3.H3N/c1-6(8-2)7-5-9-3-4-10-7;/h3-6,8H,1-2H3;1H3. The first-order valence-corrected chi connectivity index (χ1v) is 3.27. The minimum absolute atomic E-state index is 0. The highest BCUT2D eigenvalue weighted by molar-refractivity contribution is 4.99. The molecular weight excluding hydrogens is 140 g/mol. The lowest BCUT2D eigenvalue weighted by molar-refractivity contribution is 0.629. The summed E-state index contributed by atoms with van der Waals surface area (Å²) >= 11 is 0. The molecule has 0 aromatic carbocycles. The fraction of sp³-hybridized carbons (Fsp3) is 0.429. The van der Waals surface area contributed by atoms with Gasteiger partial charge in [-0.05, 0) is 14.0 Å². The molecule has 0 amide bonds. The van der Waals surface area contributed by atoms with Crippen LogP contribution in [0.3, 0.4) is 0 Å². The molecule has 1 atom stereocenters. The number of hydrogen-bond donors (Lipinski definition) is 2. The second-order valence-electron chi connectivity index (χ2n) is 2.14. The van der Waals surface area contributed by atoms with Crippen LogP contribution in [0.2, 0.25) is 0 Å². The number of aromatic nitrogens is 2. The first-order valence-electron chi connectivity index (χ1n) is 3.27. The van der Waals surface area contributed by atoms with E-state index in [1.165, 1.54) is 0 Å². The normalized spacial score (nSPS) is 11.8. The fourth-order valence-corrected chi connectivity index (χ4v) is 0.682. The van der Waals surface area contributed by atoms with Crippen molar-refractivity contribution in [2.24, 2.45) is 0 Å². The van der Waals surface area contributed by atoms with Crippen molar-refractivity contribution in [1.29, 1.82) is 0 Å². The number of nitrogens with one attached hydrogen (secondary N) is 1. The zero-order valence-corrected chi connectivity index (χ0v) is 6.91. The summed E-state index contributed by atoms with van der Waals surface area (Å²) in [5.41, 5.74) is 0.977. The Bertz CT molecular complexity index is 187. The van der Waals surface area contributed by atoms with E-state index < -0.39 is 0 Å². The van der Waals surface area contributed by atoms with Crippen LogP contribution in [0.4, 0.5) is 0 Å². The maximum absolute atomic E-state index is 4.12. The van der Waals surface area contributed by atoms with Crippen molar-refractivity contribution in [3.63, 3.8) is 0 Å². The molecule has 0 saturated carbocycles. The van der Waals surface area contributed by atoms with Gasteiger partial charge in [0, 0.05) is 24.6 Å². The SMILES string of the molecule is CNC(C)c1cnccn1.N. The molecule has 4 heteroatoms. The number of hydrogen-bond acceptors (Lipinski definition) is 4. The van der Waals surface area contributed by atoms with E-state index in [2.05, 4.69) is 15.3 Å². The van der Waals surface area contributed by atoms with E-state index in [0.29, 0.717) is 0 Å². The van der Waals surface area contributed by atoms with E-state index in [1.807, 2.05) is 14.0 Å². The van der Waals surface area contributed by atoms with Crippen LogP contribution in [-0.2, 0) is 0 Å². The van der Waals surface area contributed by atoms with Gasteiger partial charge in [-0.15, -0.1) is 0 Å². The maximum Gasteiger partial charge on any atom is 0.0753 e. The molecular formula is C7H14N4. The lowest BCUT2D eigenvalue weighted by atomic mass is 10.2. The largest absolute Gasteiger partial charge is 0.344 e. The molecule has 4 N–H and O–H groups in total. The molecule has 0 aliphatic rings. The van der Waals surface area contributed by atoms with E-state index in [-0.39, 0.29) is 12.2 Å². The predicted octanol–water partition coefficient (Wildman–Crippen LogP) is 0.919. The monoisotopic (exact) mass is 154 g/mol. The van der Waals surface area contributed by atoms with E-state index in [1.54, 1.807) is 18.6 Å². The molecule has 0 aliphatic heterocycles. The molecule has 0 saturated heterocycles. The predicted molar refractivity (Wildman–Crippen MR) is 44.5 cm³/mol. The quantitative estimate of drug-likeness (QED) is 0.664. The summed E-state index contributed by atoms with van der Waals surface area (Å²) in [6.07, 6.45) is 5.14. The first-order chi connectivity index (χ1) is 4.84. The zero-order chi connectivity index (χ0) is 7.40. The molecule has 0 spiro atoms. The molecule has 1 aromatic rings. The topological polar surface area (TPSA) is 72.8 Å². The van der Waals surface area contributed by atoms with E-state index >= 15 is 0 Å². The van der Waals surface area contributed by atoms with Crippen LogP contribution in [0.25, 0.3) is 0 Å². The van der Waals surface area contributed by atoms with Gasteiger partial charge in [0.2, 0.25) is 0 Å². The Morgan fingerprint density at radius 3 is 2.64 bits per heavy atom. The lowest BCUT2D eigenvalue weighted by Gasteiger charge is -2.06. The van der Waals surface area contributed by atoms with Gasteiger partial charge < -0.3 is 11.5 Å². The Hall–Kier alpha value is -1.00.